The maximum atomic E-state index is 13.7. The van der Waals surface area contributed by atoms with Crippen molar-refractivity contribution in [3.05, 3.63) is 64.7 Å². The molecular formula is C14H9ClF2N4. The zero-order valence-electron chi connectivity index (χ0n) is 10.7. The fourth-order valence-electron chi connectivity index (χ4n) is 1.97. The summed E-state index contributed by atoms with van der Waals surface area (Å²) in [5.74, 6) is -0.639. The number of rotatable bonds is 3. The van der Waals surface area contributed by atoms with Gasteiger partial charge in [-0.2, -0.15) is 0 Å². The second kappa shape index (κ2) is 5.57. The highest BCUT2D eigenvalue weighted by Gasteiger charge is 2.14. The maximum Gasteiger partial charge on any atom is 0.183 e. The number of halogens is 3. The largest absolute Gasteiger partial charge is 0.221 e. The van der Waals surface area contributed by atoms with Crippen molar-refractivity contribution in [1.82, 2.24) is 20.2 Å². The van der Waals surface area contributed by atoms with Gasteiger partial charge in [-0.25, -0.2) is 13.5 Å². The van der Waals surface area contributed by atoms with Crippen LogP contribution in [-0.2, 0) is 6.54 Å². The fraction of sp³-hybridized carbons (Fsp3) is 0.0714. The maximum absolute atomic E-state index is 13.7. The molecule has 3 rings (SSSR count). The van der Waals surface area contributed by atoms with Crippen LogP contribution in [0.4, 0.5) is 8.78 Å². The minimum Gasteiger partial charge on any atom is -0.221 e. The summed E-state index contributed by atoms with van der Waals surface area (Å²) >= 11 is 6.10. The number of benzene rings is 2. The van der Waals surface area contributed by atoms with Gasteiger partial charge in [-0.3, -0.25) is 0 Å². The van der Waals surface area contributed by atoms with Crippen LogP contribution < -0.4 is 0 Å². The van der Waals surface area contributed by atoms with E-state index in [4.69, 9.17) is 11.6 Å². The van der Waals surface area contributed by atoms with Gasteiger partial charge in [0.1, 0.15) is 11.6 Å². The summed E-state index contributed by atoms with van der Waals surface area (Å²) in [5.41, 5.74) is 0.789. The molecule has 0 aliphatic heterocycles. The average Bonchev–Trinajstić information content (AvgIpc) is 2.91. The first-order chi connectivity index (χ1) is 10.1. The first-order valence-corrected chi connectivity index (χ1v) is 6.48. The zero-order chi connectivity index (χ0) is 14.8. The van der Waals surface area contributed by atoms with Gasteiger partial charge >= 0.3 is 0 Å². The van der Waals surface area contributed by atoms with Crippen LogP contribution in [0.3, 0.4) is 0 Å². The third-order valence-electron chi connectivity index (χ3n) is 2.97. The lowest BCUT2D eigenvalue weighted by atomic mass is 10.2. The van der Waals surface area contributed by atoms with Crippen LogP contribution in [0.25, 0.3) is 11.4 Å². The predicted molar refractivity (Wildman–Crippen MR) is 73.7 cm³/mol. The second-order valence-electron chi connectivity index (χ2n) is 4.38. The lowest BCUT2D eigenvalue weighted by Crippen LogP contribution is -2.06. The number of aromatic nitrogens is 4. The summed E-state index contributed by atoms with van der Waals surface area (Å²) in [5, 5.41) is 11.8. The van der Waals surface area contributed by atoms with Crippen molar-refractivity contribution in [2.24, 2.45) is 0 Å². The van der Waals surface area contributed by atoms with Gasteiger partial charge in [0.15, 0.2) is 5.82 Å². The van der Waals surface area contributed by atoms with Crippen molar-refractivity contribution in [1.29, 1.82) is 0 Å². The Kier molecular flexibility index (Phi) is 3.62. The molecule has 0 unspecified atom stereocenters. The van der Waals surface area contributed by atoms with E-state index < -0.39 is 11.6 Å². The molecule has 0 spiro atoms. The van der Waals surface area contributed by atoms with E-state index in [0.29, 0.717) is 16.4 Å². The Morgan fingerprint density at radius 2 is 1.90 bits per heavy atom. The molecule has 106 valence electrons. The molecule has 4 nitrogen and oxygen atoms in total. The van der Waals surface area contributed by atoms with Gasteiger partial charge in [0.05, 0.1) is 11.6 Å². The van der Waals surface area contributed by atoms with Gasteiger partial charge in [0.2, 0.25) is 0 Å². The molecule has 1 aromatic heterocycles. The molecule has 0 aliphatic rings. The highest BCUT2D eigenvalue weighted by molar-refractivity contribution is 6.33. The first kappa shape index (κ1) is 13.6. The van der Waals surface area contributed by atoms with E-state index in [9.17, 15) is 8.78 Å². The molecule has 1 heterocycles. The quantitative estimate of drug-likeness (QED) is 0.745. The summed E-state index contributed by atoms with van der Waals surface area (Å²) in [6, 6.07) is 10.3. The van der Waals surface area contributed by atoms with Crippen LogP contribution in [-0.4, -0.2) is 20.2 Å². The van der Waals surface area contributed by atoms with Gasteiger partial charge in [-0.1, -0.05) is 23.7 Å². The standard InChI is InChI=1S/C14H9ClF2N4/c15-12-4-2-1-3-11(12)14-18-19-20-21(14)8-9-7-10(16)5-6-13(9)17/h1-7H,8H2. The monoisotopic (exact) mass is 306 g/mol. The van der Waals surface area contributed by atoms with Gasteiger partial charge in [-0.15, -0.1) is 5.10 Å². The Labute approximate surface area is 124 Å². The van der Waals surface area contributed by atoms with Gasteiger partial charge in [0, 0.05) is 11.1 Å². The molecular weight excluding hydrogens is 298 g/mol. The van der Waals surface area contributed by atoms with E-state index in [1.54, 1.807) is 24.3 Å². The summed E-state index contributed by atoms with van der Waals surface area (Å²) in [4.78, 5) is 0. The Hall–Kier alpha value is -2.34. The molecule has 3 aromatic rings. The van der Waals surface area contributed by atoms with Crippen molar-refractivity contribution in [2.45, 2.75) is 6.54 Å². The molecule has 2 aromatic carbocycles. The lowest BCUT2D eigenvalue weighted by molar-refractivity contribution is 0.562. The van der Waals surface area contributed by atoms with Crippen LogP contribution >= 0.6 is 11.6 Å². The molecule has 7 heteroatoms. The summed E-state index contributed by atoms with van der Waals surface area (Å²) in [6.07, 6.45) is 0. The second-order valence-corrected chi connectivity index (χ2v) is 4.78. The van der Waals surface area contributed by atoms with E-state index in [-0.39, 0.29) is 12.1 Å². The number of hydrogen-bond acceptors (Lipinski definition) is 3. The van der Waals surface area contributed by atoms with Crippen LogP contribution in [0, 0.1) is 11.6 Å². The highest BCUT2D eigenvalue weighted by Crippen LogP contribution is 2.25. The first-order valence-electron chi connectivity index (χ1n) is 6.10. The molecule has 0 radical (unpaired) electrons. The zero-order valence-corrected chi connectivity index (χ0v) is 11.4. The normalized spacial score (nSPS) is 10.8. The van der Waals surface area contributed by atoms with Crippen molar-refractivity contribution in [3.8, 4) is 11.4 Å². The minimum absolute atomic E-state index is 0.0111. The summed E-state index contributed by atoms with van der Waals surface area (Å²) in [6.45, 7) is 0.0111. The highest BCUT2D eigenvalue weighted by atomic mass is 35.5. The SMILES string of the molecule is Fc1ccc(F)c(Cn2nnnc2-c2ccccc2Cl)c1. The molecule has 0 aliphatic carbocycles. The minimum atomic E-state index is -0.517. The molecule has 21 heavy (non-hydrogen) atoms. The fourth-order valence-corrected chi connectivity index (χ4v) is 2.19. The molecule has 0 N–H and O–H groups in total. The Bertz CT molecular complexity index is 788. The number of hydrogen-bond donors (Lipinski definition) is 0. The van der Waals surface area contributed by atoms with Crippen LogP contribution in [0.2, 0.25) is 5.02 Å². The van der Waals surface area contributed by atoms with Crippen molar-refractivity contribution >= 4 is 11.6 Å². The van der Waals surface area contributed by atoms with E-state index in [1.807, 2.05) is 0 Å². The topological polar surface area (TPSA) is 43.6 Å². The molecule has 0 saturated heterocycles. The number of nitrogens with zero attached hydrogens (tertiary/aromatic N) is 4. The Balaban J connectivity index is 2.00. The lowest BCUT2D eigenvalue weighted by Gasteiger charge is -2.07. The third-order valence-corrected chi connectivity index (χ3v) is 3.30. The Morgan fingerprint density at radius 3 is 2.71 bits per heavy atom. The summed E-state index contributed by atoms with van der Waals surface area (Å²) in [7, 11) is 0. The molecule has 0 amide bonds. The smallest absolute Gasteiger partial charge is 0.183 e. The average molecular weight is 307 g/mol. The molecule has 0 bridgehead atoms. The van der Waals surface area contributed by atoms with Crippen LogP contribution in [0.5, 0.6) is 0 Å². The van der Waals surface area contributed by atoms with E-state index >= 15 is 0 Å². The summed E-state index contributed by atoms with van der Waals surface area (Å²) < 4.78 is 28.3. The predicted octanol–water partition coefficient (Wildman–Crippen LogP) is 3.32. The van der Waals surface area contributed by atoms with Crippen molar-refractivity contribution < 1.29 is 8.78 Å². The Morgan fingerprint density at radius 1 is 1.10 bits per heavy atom. The van der Waals surface area contributed by atoms with Crippen molar-refractivity contribution in [2.75, 3.05) is 0 Å². The van der Waals surface area contributed by atoms with Crippen LogP contribution in [0.15, 0.2) is 42.5 Å². The van der Waals surface area contributed by atoms with Gasteiger partial charge in [0.25, 0.3) is 0 Å². The van der Waals surface area contributed by atoms with E-state index in [0.717, 1.165) is 18.2 Å². The van der Waals surface area contributed by atoms with Crippen molar-refractivity contribution in [3.63, 3.8) is 0 Å². The molecule has 0 atom stereocenters. The molecule has 0 fully saturated rings. The molecule has 0 saturated carbocycles. The van der Waals surface area contributed by atoms with E-state index in [1.165, 1.54) is 4.68 Å². The van der Waals surface area contributed by atoms with Gasteiger partial charge < -0.3 is 0 Å². The van der Waals surface area contributed by atoms with E-state index in [2.05, 4.69) is 15.5 Å². The van der Waals surface area contributed by atoms with Gasteiger partial charge in [-0.05, 0) is 40.8 Å². The van der Waals surface area contributed by atoms with Crippen LogP contribution in [0.1, 0.15) is 5.56 Å². The number of tetrazole rings is 1. The third kappa shape index (κ3) is 2.75.